The van der Waals surface area contributed by atoms with Gasteiger partial charge in [-0.1, -0.05) is 36.5 Å². The van der Waals surface area contributed by atoms with Crippen LogP contribution in [0.3, 0.4) is 0 Å². The van der Waals surface area contributed by atoms with Gasteiger partial charge in [-0.05, 0) is 43.3 Å². The molecule has 2 aromatic carbocycles. The van der Waals surface area contributed by atoms with Crippen molar-refractivity contribution in [1.29, 1.82) is 0 Å². The van der Waals surface area contributed by atoms with Gasteiger partial charge in [-0.25, -0.2) is 0 Å². The van der Waals surface area contributed by atoms with Gasteiger partial charge >= 0.3 is 5.97 Å². The van der Waals surface area contributed by atoms with Crippen LogP contribution in [0.1, 0.15) is 29.4 Å². The summed E-state index contributed by atoms with van der Waals surface area (Å²) in [5.41, 5.74) is 3.84. The standard InChI is InChI=1S/C21H18O3/c1-14-3-5-16(6-4-14)7-8-17-9-10-20-18(12-17)13-19(24-20)11-15(2)21(22)23/h3-6,9-10,12-13,15H,11H2,1-2H3,(H,22,23)/t15-/m0/s1. The smallest absolute Gasteiger partial charge is 0.306 e. The quantitative estimate of drug-likeness (QED) is 0.728. The van der Waals surface area contributed by atoms with Crippen LogP contribution in [0.4, 0.5) is 0 Å². The zero-order chi connectivity index (χ0) is 17.1. The van der Waals surface area contributed by atoms with Crippen molar-refractivity contribution in [3.05, 3.63) is 71.0 Å². The SMILES string of the molecule is Cc1ccc(C#Cc2ccc3oc(C[C@H](C)C(=O)O)cc3c2)cc1. The Hall–Kier alpha value is -2.99. The monoisotopic (exact) mass is 318 g/mol. The van der Waals surface area contributed by atoms with Gasteiger partial charge in [-0.15, -0.1) is 0 Å². The summed E-state index contributed by atoms with van der Waals surface area (Å²) < 4.78 is 5.71. The molecule has 0 saturated heterocycles. The van der Waals surface area contributed by atoms with Gasteiger partial charge in [0.2, 0.25) is 0 Å². The molecule has 0 aliphatic heterocycles. The number of aliphatic carboxylic acids is 1. The molecule has 0 radical (unpaired) electrons. The summed E-state index contributed by atoms with van der Waals surface area (Å²) in [4.78, 5) is 11.0. The molecule has 0 spiro atoms. The van der Waals surface area contributed by atoms with Gasteiger partial charge in [0.1, 0.15) is 11.3 Å². The van der Waals surface area contributed by atoms with Gasteiger partial charge in [-0.3, -0.25) is 4.79 Å². The largest absolute Gasteiger partial charge is 0.481 e. The molecule has 0 amide bonds. The van der Waals surface area contributed by atoms with Crippen LogP contribution in [-0.2, 0) is 11.2 Å². The molecule has 120 valence electrons. The van der Waals surface area contributed by atoms with Gasteiger partial charge in [0.15, 0.2) is 0 Å². The number of carbonyl (C=O) groups is 1. The molecular formula is C21H18O3. The van der Waals surface area contributed by atoms with E-state index >= 15 is 0 Å². The van der Waals surface area contributed by atoms with Crippen LogP contribution in [0, 0.1) is 24.7 Å². The number of rotatable bonds is 3. The third-order valence-corrected chi connectivity index (χ3v) is 3.90. The number of aryl methyl sites for hydroxylation is 1. The minimum atomic E-state index is -0.819. The van der Waals surface area contributed by atoms with Crippen LogP contribution in [0.15, 0.2) is 52.9 Å². The third kappa shape index (κ3) is 3.67. The van der Waals surface area contributed by atoms with Crippen molar-refractivity contribution in [2.75, 3.05) is 0 Å². The van der Waals surface area contributed by atoms with Crippen molar-refractivity contribution < 1.29 is 14.3 Å². The lowest BCUT2D eigenvalue weighted by Crippen LogP contribution is -2.11. The van der Waals surface area contributed by atoms with E-state index in [0.717, 1.165) is 22.1 Å². The molecule has 3 rings (SSSR count). The number of hydrogen-bond donors (Lipinski definition) is 1. The first-order valence-electron chi connectivity index (χ1n) is 7.85. The molecule has 24 heavy (non-hydrogen) atoms. The molecule has 0 fully saturated rings. The zero-order valence-electron chi connectivity index (χ0n) is 13.7. The molecule has 1 atom stereocenters. The van der Waals surface area contributed by atoms with Crippen LogP contribution < -0.4 is 0 Å². The van der Waals surface area contributed by atoms with Crippen LogP contribution in [0.2, 0.25) is 0 Å². The first-order chi connectivity index (χ1) is 11.5. The number of fused-ring (bicyclic) bond motifs is 1. The normalized spacial score (nSPS) is 11.8. The van der Waals surface area contributed by atoms with E-state index in [2.05, 4.69) is 11.8 Å². The summed E-state index contributed by atoms with van der Waals surface area (Å²) in [5.74, 6) is 5.70. The molecule has 0 unspecified atom stereocenters. The fraction of sp³-hybridized carbons (Fsp3) is 0.190. The minimum Gasteiger partial charge on any atom is -0.481 e. The number of furan rings is 1. The molecule has 0 saturated carbocycles. The highest BCUT2D eigenvalue weighted by Crippen LogP contribution is 2.22. The van der Waals surface area contributed by atoms with Crippen molar-refractivity contribution in [3.63, 3.8) is 0 Å². The minimum absolute atomic E-state index is 0.383. The maximum atomic E-state index is 11.0. The molecular weight excluding hydrogens is 300 g/mol. The summed E-state index contributed by atoms with van der Waals surface area (Å²) in [6.07, 6.45) is 0.383. The molecule has 0 bridgehead atoms. The molecule has 0 aliphatic rings. The Balaban J connectivity index is 1.84. The summed E-state index contributed by atoms with van der Waals surface area (Å²) >= 11 is 0. The number of benzene rings is 2. The van der Waals surface area contributed by atoms with Crippen molar-refractivity contribution in [2.45, 2.75) is 20.3 Å². The Morgan fingerprint density at radius 3 is 2.46 bits per heavy atom. The molecule has 3 aromatic rings. The highest BCUT2D eigenvalue weighted by atomic mass is 16.4. The second kappa shape index (κ2) is 6.64. The first kappa shape index (κ1) is 15.9. The average molecular weight is 318 g/mol. The zero-order valence-corrected chi connectivity index (χ0v) is 13.7. The summed E-state index contributed by atoms with van der Waals surface area (Å²) in [6, 6.07) is 15.7. The molecule has 1 heterocycles. The Morgan fingerprint density at radius 1 is 1.08 bits per heavy atom. The summed E-state index contributed by atoms with van der Waals surface area (Å²) in [5, 5.41) is 9.94. The fourth-order valence-electron chi connectivity index (χ4n) is 2.45. The van der Waals surface area contributed by atoms with Crippen molar-refractivity contribution in [1.82, 2.24) is 0 Å². The van der Waals surface area contributed by atoms with Crippen LogP contribution in [0.25, 0.3) is 11.0 Å². The Kier molecular flexibility index (Phi) is 4.39. The average Bonchev–Trinajstić information content (AvgIpc) is 2.95. The lowest BCUT2D eigenvalue weighted by molar-refractivity contribution is -0.141. The predicted octanol–water partition coefficient (Wildman–Crippen LogP) is 4.40. The van der Waals surface area contributed by atoms with Gasteiger partial charge in [-0.2, -0.15) is 0 Å². The first-order valence-corrected chi connectivity index (χ1v) is 7.85. The van der Waals surface area contributed by atoms with Crippen LogP contribution in [-0.4, -0.2) is 11.1 Å². The highest BCUT2D eigenvalue weighted by molar-refractivity contribution is 5.80. The molecule has 3 nitrogen and oxygen atoms in total. The molecule has 3 heteroatoms. The molecule has 1 aromatic heterocycles. The maximum absolute atomic E-state index is 11.0. The van der Waals surface area contributed by atoms with Crippen LogP contribution >= 0.6 is 0 Å². The Morgan fingerprint density at radius 2 is 1.75 bits per heavy atom. The van der Waals surface area contributed by atoms with Gasteiger partial charge in [0, 0.05) is 22.9 Å². The highest BCUT2D eigenvalue weighted by Gasteiger charge is 2.14. The number of carboxylic acids is 1. The van der Waals surface area contributed by atoms with Gasteiger partial charge < -0.3 is 9.52 Å². The summed E-state index contributed by atoms with van der Waals surface area (Å²) in [6.45, 7) is 3.72. The lowest BCUT2D eigenvalue weighted by Gasteiger charge is -2.01. The van der Waals surface area contributed by atoms with Gasteiger partial charge in [0.05, 0.1) is 5.92 Å². The van der Waals surface area contributed by atoms with E-state index in [4.69, 9.17) is 9.52 Å². The van der Waals surface area contributed by atoms with E-state index in [9.17, 15) is 4.79 Å². The van der Waals surface area contributed by atoms with E-state index in [-0.39, 0.29) is 0 Å². The van der Waals surface area contributed by atoms with E-state index in [0.29, 0.717) is 12.2 Å². The van der Waals surface area contributed by atoms with Crippen molar-refractivity contribution >= 4 is 16.9 Å². The summed E-state index contributed by atoms with van der Waals surface area (Å²) in [7, 11) is 0. The van der Waals surface area contributed by atoms with Crippen molar-refractivity contribution in [3.8, 4) is 11.8 Å². The Labute approximate surface area is 140 Å². The third-order valence-electron chi connectivity index (χ3n) is 3.90. The second-order valence-electron chi connectivity index (χ2n) is 6.02. The molecule has 1 N–H and O–H groups in total. The second-order valence-corrected chi connectivity index (χ2v) is 6.02. The van der Waals surface area contributed by atoms with E-state index in [1.54, 1.807) is 6.92 Å². The molecule has 0 aliphatic carbocycles. The van der Waals surface area contributed by atoms with E-state index in [1.807, 2.05) is 55.5 Å². The van der Waals surface area contributed by atoms with Crippen molar-refractivity contribution in [2.24, 2.45) is 5.92 Å². The number of carboxylic acid groups (broad SMARTS) is 1. The van der Waals surface area contributed by atoms with Gasteiger partial charge in [0.25, 0.3) is 0 Å². The van der Waals surface area contributed by atoms with E-state index < -0.39 is 11.9 Å². The maximum Gasteiger partial charge on any atom is 0.306 e. The fourth-order valence-corrected chi connectivity index (χ4v) is 2.45. The van der Waals surface area contributed by atoms with E-state index in [1.165, 1.54) is 5.56 Å². The number of hydrogen-bond acceptors (Lipinski definition) is 2. The Bertz CT molecular complexity index is 937. The lowest BCUT2D eigenvalue weighted by atomic mass is 10.1. The van der Waals surface area contributed by atoms with Crippen LogP contribution in [0.5, 0.6) is 0 Å². The predicted molar refractivity (Wildman–Crippen MR) is 93.9 cm³/mol. The topological polar surface area (TPSA) is 50.4 Å².